The molecule has 0 saturated heterocycles. The number of benzene rings is 1. The molecule has 0 aliphatic heterocycles. The molecule has 1 aromatic rings. The highest BCUT2D eigenvalue weighted by Gasteiger charge is 2.10. The second kappa shape index (κ2) is 4.43. The molecule has 0 aliphatic carbocycles. The number of nitriles is 1. The molecule has 0 fully saturated rings. The highest BCUT2D eigenvalue weighted by molar-refractivity contribution is 5.69. The molecular weight excluding hydrogens is 178 g/mol. The lowest BCUT2D eigenvalue weighted by atomic mass is 10.0. The third-order valence-corrected chi connectivity index (χ3v) is 2.05. The van der Waals surface area contributed by atoms with Crippen molar-refractivity contribution in [1.29, 1.82) is 5.26 Å². The largest absolute Gasteiger partial charge is 0.481 e. The number of nitrogens with zero attached hydrogens (tertiary/aromatic N) is 1. The molecule has 0 amide bonds. The molecule has 0 saturated carbocycles. The van der Waals surface area contributed by atoms with Gasteiger partial charge in [-0.3, -0.25) is 4.79 Å². The van der Waals surface area contributed by atoms with Crippen LogP contribution in [0.4, 0.5) is 0 Å². The molecule has 1 aromatic carbocycles. The number of aliphatic carboxylic acids is 1. The summed E-state index contributed by atoms with van der Waals surface area (Å²) >= 11 is 0. The highest BCUT2D eigenvalue weighted by Crippen LogP contribution is 2.09. The summed E-state index contributed by atoms with van der Waals surface area (Å²) in [6, 6.07) is 8.99. The van der Waals surface area contributed by atoms with Gasteiger partial charge in [0.1, 0.15) is 0 Å². The molecule has 14 heavy (non-hydrogen) atoms. The van der Waals surface area contributed by atoms with Crippen molar-refractivity contribution in [3.63, 3.8) is 0 Å². The van der Waals surface area contributed by atoms with Gasteiger partial charge in [0, 0.05) is 0 Å². The predicted molar refractivity (Wildman–Crippen MR) is 51.7 cm³/mol. The van der Waals surface area contributed by atoms with Gasteiger partial charge in [0.15, 0.2) is 0 Å². The van der Waals surface area contributed by atoms with Gasteiger partial charge in [-0.25, -0.2) is 0 Å². The van der Waals surface area contributed by atoms with Crippen molar-refractivity contribution in [1.82, 2.24) is 0 Å². The minimum atomic E-state index is -0.797. The molecular formula is C11H11NO2. The number of carbonyl (C=O) groups is 1. The maximum atomic E-state index is 10.6. The Morgan fingerprint density at radius 3 is 2.50 bits per heavy atom. The molecule has 3 heteroatoms. The van der Waals surface area contributed by atoms with Gasteiger partial charge in [0.25, 0.3) is 0 Å². The first kappa shape index (κ1) is 10.3. The van der Waals surface area contributed by atoms with Gasteiger partial charge < -0.3 is 5.11 Å². The van der Waals surface area contributed by atoms with Gasteiger partial charge in [-0.15, -0.1) is 0 Å². The molecule has 0 radical (unpaired) electrons. The third-order valence-electron chi connectivity index (χ3n) is 2.05. The Morgan fingerprint density at radius 1 is 1.50 bits per heavy atom. The van der Waals surface area contributed by atoms with Crippen molar-refractivity contribution in [3.05, 3.63) is 35.4 Å². The van der Waals surface area contributed by atoms with E-state index < -0.39 is 5.97 Å². The first-order chi connectivity index (χ1) is 6.63. The van der Waals surface area contributed by atoms with Crippen LogP contribution < -0.4 is 0 Å². The average molecular weight is 189 g/mol. The van der Waals surface area contributed by atoms with Gasteiger partial charge >= 0.3 is 5.97 Å². The molecule has 0 aliphatic rings. The second-order valence-electron chi connectivity index (χ2n) is 3.25. The number of rotatable bonds is 3. The van der Waals surface area contributed by atoms with E-state index >= 15 is 0 Å². The van der Waals surface area contributed by atoms with E-state index in [1.807, 2.05) is 6.07 Å². The van der Waals surface area contributed by atoms with E-state index in [0.29, 0.717) is 12.0 Å². The molecule has 0 bridgehead atoms. The normalized spacial score (nSPS) is 11.7. The van der Waals surface area contributed by atoms with Crippen LogP contribution in [0.1, 0.15) is 18.1 Å². The van der Waals surface area contributed by atoms with Gasteiger partial charge in [-0.05, 0) is 24.1 Å². The SMILES string of the molecule is CC(Cc1ccc(C#N)cc1)C(=O)O. The van der Waals surface area contributed by atoms with Crippen LogP contribution >= 0.6 is 0 Å². The van der Waals surface area contributed by atoms with Gasteiger partial charge in [-0.1, -0.05) is 19.1 Å². The number of hydrogen-bond acceptors (Lipinski definition) is 2. The summed E-state index contributed by atoms with van der Waals surface area (Å²) in [7, 11) is 0. The Labute approximate surface area is 82.6 Å². The van der Waals surface area contributed by atoms with Crippen LogP contribution in [0.5, 0.6) is 0 Å². The number of carboxylic acid groups (broad SMARTS) is 1. The Bertz CT molecular complexity index is 362. The van der Waals surface area contributed by atoms with Crippen LogP contribution in [-0.4, -0.2) is 11.1 Å². The molecule has 3 nitrogen and oxygen atoms in total. The Kier molecular flexibility index (Phi) is 3.24. The predicted octanol–water partition coefficient (Wildman–Crippen LogP) is 1.82. The maximum Gasteiger partial charge on any atom is 0.306 e. The zero-order valence-electron chi connectivity index (χ0n) is 7.90. The van der Waals surface area contributed by atoms with E-state index in [-0.39, 0.29) is 5.92 Å². The molecule has 1 rings (SSSR count). The van der Waals surface area contributed by atoms with Crippen LogP contribution in [0, 0.1) is 17.2 Å². The summed E-state index contributed by atoms with van der Waals surface area (Å²) < 4.78 is 0. The fourth-order valence-corrected chi connectivity index (χ4v) is 1.16. The van der Waals surface area contributed by atoms with Crippen LogP contribution in [0.3, 0.4) is 0 Å². The summed E-state index contributed by atoms with van der Waals surface area (Å²) in [4.78, 5) is 10.6. The Morgan fingerprint density at radius 2 is 2.07 bits per heavy atom. The summed E-state index contributed by atoms with van der Waals surface area (Å²) in [6.07, 6.45) is 0.501. The van der Waals surface area contributed by atoms with E-state index in [9.17, 15) is 4.79 Å². The van der Waals surface area contributed by atoms with E-state index in [1.165, 1.54) is 0 Å². The minimum absolute atomic E-state index is 0.386. The monoisotopic (exact) mass is 189 g/mol. The van der Waals surface area contributed by atoms with Crippen LogP contribution in [0.15, 0.2) is 24.3 Å². The number of hydrogen-bond donors (Lipinski definition) is 1. The van der Waals surface area contributed by atoms with Gasteiger partial charge in [0.05, 0.1) is 17.6 Å². The zero-order valence-corrected chi connectivity index (χ0v) is 7.90. The standard InChI is InChI=1S/C11H11NO2/c1-8(11(13)14)6-9-2-4-10(7-12)5-3-9/h2-5,8H,6H2,1H3,(H,13,14). The first-order valence-electron chi connectivity index (χ1n) is 4.35. The molecule has 1 unspecified atom stereocenters. The van der Waals surface area contributed by atoms with Crippen molar-refractivity contribution in [2.45, 2.75) is 13.3 Å². The summed E-state index contributed by atoms with van der Waals surface area (Å²) in [5.74, 6) is -1.18. The number of carboxylic acids is 1. The molecule has 1 N–H and O–H groups in total. The van der Waals surface area contributed by atoms with E-state index in [1.54, 1.807) is 31.2 Å². The van der Waals surface area contributed by atoms with Crippen LogP contribution in [0.2, 0.25) is 0 Å². The first-order valence-corrected chi connectivity index (χ1v) is 4.35. The van der Waals surface area contributed by atoms with Crippen molar-refractivity contribution in [3.8, 4) is 6.07 Å². The van der Waals surface area contributed by atoms with Crippen LogP contribution in [0.25, 0.3) is 0 Å². The maximum absolute atomic E-state index is 10.6. The molecule has 0 heterocycles. The van der Waals surface area contributed by atoms with Crippen molar-refractivity contribution >= 4 is 5.97 Å². The smallest absolute Gasteiger partial charge is 0.306 e. The average Bonchev–Trinajstić information content (AvgIpc) is 2.19. The zero-order chi connectivity index (χ0) is 10.6. The molecule has 72 valence electrons. The highest BCUT2D eigenvalue weighted by atomic mass is 16.4. The Hall–Kier alpha value is -1.82. The second-order valence-corrected chi connectivity index (χ2v) is 3.25. The molecule has 0 aromatic heterocycles. The van der Waals surface area contributed by atoms with Gasteiger partial charge in [0.2, 0.25) is 0 Å². The lowest BCUT2D eigenvalue weighted by molar-refractivity contribution is -0.141. The van der Waals surface area contributed by atoms with E-state index in [2.05, 4.69) is 0 Å². The van der Waals surface area contributed by atoms with Crippen molar-refractivity contribution in [2.24, 2.45) is 5.92 Å². The molecule has 1 atom stereocenters. The third kappa shape index (κ3) is 2.60. The Balaban J connectivity index is 2.70. The van der Waals surface area contributed by atoms with Crippen molar-refractivity contribution in [2.75, 3.05) is 0 Å². The summed E-state index contributed by atoms with van der Waals surface area (Å²) in [5, 5.41) is 17.2. The van der Waals surface area contributed by atoms with E-state index in [0.717, 1.165) is 5.56 Å². The summed E-state index contributed by atoms with van der Waals surface area (Å²) in [5.41, 5.74) is 1.54. The lowest BCUT2D eigenvalue weighted by Gasteiger charge is -2.05. The minimum Gasteiger partial charge on any atom is -0.481 e. The van der Waals surface area contributed by atoms with E-state index in [4.69, 9.17) is 10.4 Å². The van der Waals surface area contributed by atoms with Crippen LogP contribution in [-0.2, 0) is 11.2 Å². The topological polar surface area (TPSA) is 61.1 Å². The fraction of sp³-hybridized carbons (Fsp3) is 0.273. The van der Waals surface area contributed by atoms with Crippen molar-refractivity contribution < 1.29 is 9.90 Å². The fourth-order valence-electron chi connectivity index (χ4n) is 1.16. The summed E-state index contributed by atoms with van der Waals surface area (Å²) in [6.45, 7) is 1.67. The van der Waals surface area contributed by atoms with Gasteiger partial charge in [-0.2, -0.15) is 5.26 Å². The lowest BCUT2D eigenvalue weighted by Crippen LogP contribution is -2.12. The quantitative estimate of drug-likeness (QED) is 0.788. The molecule has 0 spiro atoms.